The lowest BCUT2D eigenvalue weighted by atomic mass is 10.1. The number of halogens is 2. The fourth-order valence-corrected chi connectivity index (χ4v) is 2.30. The van der Waals surface area contributed by atoms with Gasteiger partial charge >= 0.3 is 0 Å². The van der Waals surface area contributed by atoms with E-state index in [2.05, 4.69) is 9.97 Å². The molecular weight excluding hydrogens is 245 g/mol. The highest BCUT2D eigenvalue weighted by atomic mass is 35.5. The summed E-state index contributed by atoms with van der Waals surface area (Å²) >= 11 is 5.70. The van der Waals surface area contributed by atoms with E-state index in [1.165, 1.54) is 0 Å². The first-order valence-corrected chi connectivity index (χ1v) is 5.86. The van der Waals surface area contributed by atoms with Gasteiger partial charge in [-0.05, 0) is 32.4 Å². The maximum atomic E-state index is 13.7. The molecule has 0 saturated carbocycles. The summed E-state index contributed by atoms with van der Waals surface area (Å²) in [6.45, 7) is 7.05. The molecule has 4 nitrogen and oxygen atoms in total. The van der Waals surface area contributed by atoms with Gasteiger partial charge in [0.2, 0.25) is 5.28 Å². The van der Waals surface area contributed by atoms with E-state index in [4.69, 9.17) is 16.3 Å². The van der Waals surface area contributed by atoms with Crippen molar-refractivity contribution < 1.29 is 9.13 Å². The van der Waals surface area contributed by atoms with Crippen LogP contribution in [0.4, 0.5) is 10.2 Å². The van der Waals surface area contributed by atoms with Crippen LogP contribution in [0, 0.1) is 5.82 Å². The molecule has 2 heterocycles. The van der Waals surface area contributed by atoms with E-state index in [0.717, 1.165) is 6.20 Å². The smallest absolute Gasteiger partial charge is 0.224 e. The highest BCUT2D eigenvalue weighted by Crippen LogP contribution is 2.26. The number of hydrogen-bond acceptors (Lipinski definition) is 4. The molecule has 1 aromatic rings. The molecule has 1 saturated heterocycles. The Morgan fingerprint density at radius 3 is 2.94 bits per heavy atom. The van der Waals surface area contributed by atoms with E-state index in [1.54, 1.807) is 0 Å². The monoisotopic (exact) mass is 259 g/mol. The SMILES string of the molecule is CC1CN(c2nc(Cl)ncc2F)CC(C)(C)O1. The van der Waals surface area contributed by atoms with E-state index in [-0.39, 0.29) is 22.8 Å². The standard InChI is InChI=1S/C11H15ClFN3O/c1-7-5-16(6-11(2,3)17-7)9-8(13)4-14-10(12)15-9/h4,7H,5-6H2,1-3H3. The molecule has 1 fully saturated rings. The molecule has 0 N–H and O–H groups in total. The quantitative estimate of drug-likeness (QED) is 0.726. The Kier molecular flexibility index (Phi) is 3.23. The summed E-state index contributed by atoms with van der Waals surface area (Å²) in [5.41, 5.74) is -0.332. The zero-order chi connectivity index (χ0) is 12.6. The molecule has 6 heteroatoms. The zero-order valence-corrected chi connectivity index (χ0v) is 10.8. The van der Waals surface area contributed by atoms with Crippen molar-refractivity contribution in [1.82, 2.24) is 9.97 Å². The maximum Gasteiger partial charge on any atom is 0.224 e. The summed E-state index contributed by atoms with van der Waals surface area (Å²) in [5.74, 6) is -0.215. The molecule has 1 atom stereocenters. The van der Waals surface area contributed by atoms with Crippen molar-refractivity contribution in [3.63, 3.8) is 0 Å². The van der Waals surface area contributed by atoms with Gasteiger partial charge in [-0.1, -0.05) is 0 Å². The Bertz CT molecular complexity index is 427. The number of morpholine rings is 1. The number of aromatic nitrogens is 2. The summed E-state index contributed by atoms with van der Waals surface area (Å²) in [6, 6.07) is 0. The van der Waals surface area contributed by atoms with E-state index in [9.17, 15) is 4.39 Å². The third-order valence-electron chi connectivity index (χ3n) is 2.57. The summed E-state index contributed by atoms with van der Waals surface area (Å²) in [7, 11) is 0. The topological polar surface area (TPSA) is 38.2 Å². The predicted molar refractivity (Wildman–Crippen MR) is 63.8 cm³/mol. The molecule has 0 amide bonds. The lowest BCUT2D eigenvalue weighted by Crippen LogP contribution is -2.52. The fraction of sp³-hybridized carbons (Fsp3) is 0.636. The average molecular weight is 260 g/mol. The molecule has 0 aliphatic carbocycles. The Labute approximate surface area is 105 Å². The van der Waals surface area contributed by atoms with Crippen LogP contribution in [0.5, 0.6) is 0 Å². The highest BCUT2D eigenvalue weighted by Gasteiger charge is 2.33. The van der Waals surface area contributed by atoms with Crippen molar-refractivity contribution in [1.29, 1.82) is 0 Å². The second-order valence-corrected chi connectivity index (χ2v) is 5.22. The van der Waals surface area contributed by atoms with Crippen molar-refractivity contribution in [3.05, 3.63) is 17.3 Å². The van der Waals surface area contributed by atoms with Gasteiger partial charge in [-0.25, -0.2) is 9.37 Å². The predicted octanol–water partition coefficient (Wildman–Crippen LogP) is 2.27. The van der Waals surface area contributed by atoms with Crippen LogP contribution in [0.2, 0.25) is 5.28 Å². The first-order valence-electron chi connectivity index (χ1n) is 5.48. The Morgan fingerprint density at radius 2 is 2.29 bits per heavy atom. The van der Waals surface area contributed by atoms with Gasteiger partial charge in [0.25, 0.3) is 0 Å². The van der Waals surface area contributed by atoms with Crippen molar-refractivity contribution in [2.45, 2.75) is 32.5 Å². The van der Waals surface area contributed by atoms with Crippen LogP contribution < -0.4 is 4.90 Å². The summed E-state index contributed by atoms with van der Waals surface area (Å²) in [4.78, 5) is 9.40. The van der Waals surface area contributed by atoms with Gasteiger partial charge in [-0.3, -0.25) is 0 Å². The van der Waals surface area contributed by atoms with Crippen LogP contribution in [-0.4, -0.2) is 34.8 Å². The minimum Gasteiger partial charge on any atom is -0.369 e. The Hall–Kier alpha value is -0.940. The van der Waals surface area contributed by atoms with Crippen molar-refractivity contribution >= 4 is 17.4 Å². The number of rotatable bonds is 1. The number of ether oxygens (including phenoxy) is 1. The second-order valence-electron chi connectivity index (χ2n) is 4.88. The van der Waals surface area contributed by atoms with E-state index >= 15 is 0 Å². The van der Waals surface area contributed by atoms with Gasteiger partial charge in [-0.2, -0.15) is 4.98 Å². The first-order chi connectivity index (χ1) is 7.87. The van der Waals surface area contributed by atoms with E-state index in [1.807, 2.05) is 25.7 Å². The van der Waals surface area contributed by atoms with Gasteiger partial charge < -0.3 is 9.64 Å². The van der Waals surface area contributed by atoms with Crippen LogP contribution in [-0.2, 0) is 4.74 Å². The molecule has 1 aliphatic rings. The maximum absolute atomic E-state index is 13.7. The molecule has 1 aromatic heterocycles. The number of nitrogens with zero attached hydrogens (tertiary/aromatic N) is 3. The minimum absolute atomic E-state index is 0.0203. The first kappa shape index (κ1) is 12.5. The molecule has 94 valence electrons. The molecular formula is C11H15ClFN3O. The molecule has 17 heavy (non-hydrogen) atoms. The fourth-order valence-electron chi connectivity index (χ4n) is 2.17. The lowest BCUT2D eigenvalue weighted by Gasteiger charge is -2.42. The number of anilines is 1. The van der Waals surface area contributed by atoms with Crippen LogP contribution in [0.25, 0.3) is 0 Å². The van der Waals surface area contributed by atoms with Crippen LogP contribution in [0.1, 0.15) is 20.8 Å². The van der Waals surface area contributed by atoms with Crippen LogP contribution in [0.15, 0.2) is 6.20 Å². The lowest BCUT2D eigenvalue weighted by molar-refractivity contribution is -0.0753. The van der Waals surface area contributed by atoms with Crippen molar-refractivity contribution in [3.8, 4) is 0 Å². The van der Waals surface area contributed by atoms with Gasteiger partial charge in [0.15, 0.2) is 11.6 Å². The highest BCUT2D eigenvalue weighted by molar-refractivity contribution is 6.28. The van der Waals surface area contributed by atoms with Crippen LogP contribution >= 0.6 is 11.6 Å². The third-order valence-corrected chi connectivity index (χ3v) is 2.75. The largest absolute Gasteiger partial charge is 0.369 e. The normalized spacial score (nSPS) is 23.8. The van der Waals surface area contributed by atoms with Gasteiger partial charge in [-0.15, -0.1) is 0 Å². The Balaban J connectivity index is 2.30. The molecule has 0 bridgehead atoms. The van der Waals surface area contributed by atoms with Crippen molar-refractivity contribution in [2.75, 3.05) is 18.0 Å². The minimum atomic E-state index is -0.459. The molecule has 1 unspecified atom stereocenters. The number of hydrogen-bond donors (Lipinski definition) is 0. The summed E-state index contributed by atoms with van der Waals surface area (Å²) < 4.78 is 19.4. The third kappa shape index (κ3) is 2.84. The molecule has 0 spiro atoms. The van der Waals surface area contributed by atoms with Gasteiger partial charge in [0.1, 0.15) is 0 Å². The van der Waals surface area contributed by atoms with Gasteiger partial charge in [0.05, 0.1) is 17.9 Å². The molecule has 0 radical (unpaired) electrons. The Morgan fingerprint density at radius 1 is 1.59 bits per heavy atom. The zero-order valence-electron chi connectivity index (χ0n) is 10.1. The summed E-state index contributed by atoms with van der Waals surface area (Å²) in [5, 5.41) is 0.0540. The molecule has 2 rings (SSSR count). The van der Waals surface area contributed by atoms with Crippen LogP contribution in [0.3, 0.4) is 0 Å². The summed E-state index contributed by atoms with van der Waals surface area (Å²) in [6.07, 6.45) is 1.12. The van der Waals surface area contributed by atoms with Crippen molar-refractivity contribution in [2.24, 2.45) is 0 Å². The molecule has 0 aromatic carbocycles. The molecule has 1 aliphatic heterocycles. The van der Waals surface area contributed by atoms with E-state index < -0.39 is 5.82 Å². The van der Waals surface area contributed by atoms with E-state index in [0.29, 0.717) is 13.1 Å². The average Bonchev–Trinajstić information content (AvgIpc) is 2.18. The second kappa shape index (κ2) is 4.38. The van der Waals surface area contributed by atoms with Gasteiger partial charge in [0, 0.05) is 13.1 Å².